The van der Waals surface area contributed by atoms with Crippen LogP contribution in [0.2, 0.25) is 0 Å². The van der Waals surface area contributed by atoms with Crippen LogP contribution in [0.3, 0.4) is 0 Å². The molecule has 4 fully saturated rings. The molecule has 2 saturated heterocycles. The second kappa shape index (κ2) is 9.15. The Morgan fingerprint density at radius 3 is 2.12 bits per heavy atom. The van der Waals surface area contributed by atoms with E-state index in [4.69, 9.17) is 4.74 Å². The summed E-state index contributed by atoms with van der Waals surface area (Å²) in [6, 6.07) is 11.1. The number of anilines is 2. The normalized spacial score (nSPS) is 31.6. The first-order valence-electron chi connectivity index (χ1n) is 14.6. The molecule has 2 aromatic rings. The number of hydrogen-bond acceptors (Lipinski definition) is 5. The van der Waals surface area contributed by atoms with Gasteiger partial charge in [0.25, 0.3) is 0 Å². The summed E-state index contributed by atoms with van der Waals surface area (Å²) in [6.07, 6.45) is 7.18. The van der Waals surface area contributed by atoms with Gasteiger partial charge in [0.2, 0.25) is 17.7 Å². The highest BCUT2D eigenvalue weighted by Crippen LogP contribution is 2.65. The molecule has 4 aliphatic carbocycles. The van der Waals surface area contributed by atoms with Gasteiger partial charge in [-0.2, -0.15) is 0 Å². The minimum absolute atomic E-state index is 0.0716. The predicted octanol–water partition coefficient (Wildman–Crippen LogP) is 4.64. The molecule has 40 heavy (non-hydrogen) atoms. The van der Waals surface area contributed by atoms with E-state index in [1.807, 2.05) is 25.1 Å². The van der Waals surface area contributed by atoms with E-state index in [0.29, 0.717) is 28.8 Å². The third kappa shape index (κ3) is 3.62. The van der Waals surface area contributed by atoms with Crippen molar-refractivity contribution in [1.29, 1.82) is 0 Å². The predicted molar refractivity (Wildman–Crippen MR) is 150 cm³/mol. The summed E-state index contributed by atoms with van der Waals surface area (Å²) in [7, 11) is 0. The minimum atomic E-state index is -0.568. The van der Waals surface area contributed by atoms with E-state index in [9.17, 15) is 19.2 Å². The van der Waals surface area contributed by atoms with Crippen LogP contribution in [0.25, 0.3) is 0 Å². The van der Waals surface area contributed by atoms with Gasteiger partial charge in [-0.15, -0.1) is 0 Å². The van der Waals surface area contributed by atoms with Crippen LogP contribution in [0.15, 0.2) is 48.6 Å². The molecule has 2 aromatic carbocycles. The van der Waals surface area contributed by atoms with Gasteiger partial charge in [-0.05, 0) is 84.7 Å². The largest absolute Gasteiger partial charge is 0.426 e. The van der Waals surface area contributed by atoms with Gasteiger partial charge in [0, 0.05) is 18.7 Å². The number of carbonyl (C=O) groups excluding carboxylic acids is 4. The number of amides is 3. The first-order chi connectivity index (χ1) is 19.3. The third-order valence-electron chi connectivity index (χ3n) is 9.98. The number of aryl methyl sites for hydroxylation is 3. The molecule has 2 bridgehead atoms. The summed E-state index contributed by atoms with van der Waals surface area (Å²) in [4.78, 5) is 56.3. The molecule has 0 unspecified atom stereocenters. The highest BCUT2D eigenvalue weighted by atomic mass is 16.5. The molecular formula is C33H34N2O5. The molecular weight excluding hydrogens is 504 g/mol. The third-order valence-corrected chi connectivity index (χ3v) is 9.98. The molecule has 0 radical (unpaired) electrons. The number of imide groups is 1. The fourth-order valence-corrected chi connectivity index (χ4v) is 7.98. The second-order valence-corrected chi connectivity index (χ2v) is 12.1. The Balaban J connectivity index is 1.07. The molecule has 2 aliphatic heterocycles. The number of nitrogens with zero attached hydrogens (tertiary/aromatic N) is 2. The zero-order valence-electron chi connectivity index (χ0n) is 23.1. The van der Waals surface area contributed by atoms with Crippen molar-refractivity contribution in [2.75, 3.05) is 16.3 Å². The van der Waals surface area contributed by atoms with Crippen molar-refractivity contribution in [2.45, 2.75) is 46.5 Å². The lowest BCUT2D eigenvalue weighted by Gasteiger charge is -2.37. The number of rotatable bonds is 6. The number of benzene rings is 2. The highest BCUT2D eigenvalue weighted by Gasteiger charge is 2.67. The van der Waals surface area contributed by atoms with Crippen molar-refractivity contribution in [1.82, 2.24) is 0 Å². The molecule has 0 N–H and O–H groups in total. The van der Waals surface area contributed by atoms with E-state index in [2.05, 4.69) is 26.0 Å². The highest BCUT2D eigenvalue weighted by molar-refractivity contribution is 6.23. The molecule has 206 valence electrons. The molecule has 7 atom stereocenters. The van der Waals surface area contributed by atoms with Crippen LogP contribution in [0.1, 0.15) is 43.4 Å². The average molecular weight is 539 g/mol. The second-order valence-electron chi connectivity index (χ2n) is 12.1. The molecule has 3 amide bonds. The summed E-state index contributed by atoms with van der Waals surface area (Å²) >= 11 is 0. The smallest absolute Gasteiger partial charge is 0.316 e. The van der Waals surface area contributed by atoms with E-state index >= 15 is 0 Å². The van der Waals surface area contributed by atoms with Gasteiger partial charge in [0.15, 0.2) is 0 Å². The molecule has 7 nitrogen and oxygen atoms in total. The lowest BCUT2D eigenvalue weighted by Crippen LogP contribution is -2.40. The first kappa shape index (κ1) is 25.2. The number of para-hydroxylation sites is 1. The summed E-state index contributed by atoms with van der Waals surface area (Å²) in [5.74, 6) is 0.00865. The number of hydrogen-bond donors (Lipinski definition) is 0. The zero-order valence-corrected chi connectivity index (χ0v) is 23.1. The van der Waals surface area contributed by atoms with E-state index in [1.165, 1.54) is 4.90 Å². The van der Waals surface area contributed by atoms with E-state index in [1.54, 1.807) is 23.1 Å². The molecule has 0 aromatic heterocycles. The van der Waals surface area contributed by atoms with Crippen molar-refractivity contribution >= 4 is 35.1 Å². The van der Waals surface area contributed by atoms with Crippen LogP contribution in [-0.2, 0) is 32.0 Å². The van der Waals surface area contributed by atoms with Crippen LogP contribution < -0.4 is 14.5 Å². The summed E-state index contributed by atoms with van der Waals surface area (Å²) in [5.41, 5.74) is 4.38. The molecule has 7 heteroatoms. The van der Waals surface area contributed by atoms with Crippen LogP contribution in [0, 0.1) is 48.3 Å². The van der Waals surface area contributed by atoms with Crippen molar-refractivity contribution in [2.24, 2.45) is 41.4 Å². The number of esters is 1. The van der Waals surface area contributed by atoms with Crippen LogP contribution in [0.5, 0.6) is 5.75 Å². The standard InChI is InChI=1S/C33H34N2O5/c1-4-18-7-6-8-19(5-2)30(18)34-16-20(14-27(34)36)33(39)40-21-9-12-26(17(3)13-21)35-31(37)28-22-10-11-23(25-15-24(22)25)29(28)32(35)38/h6-13,20,22-25,28-29H,4-5,14-16H2,1-3H3/t20-,22+,23+,24+,25+,28-,29+/m1/s1. The Morgan fingerprint density at radius 2 is 1.55 bits per heavy atom. The van der Waals surface area contributed by atoms with Crippen molar-refractivity contribution in [3.05, 3.63) is 65.2 Å². The lowest BCUT2D eigenvalue weighted by atomic mass is 9.63. The van der Waals surface area contributed by atoms with E-state index < -0.39 is 11.9 Å². The quantitative estimate of drug-likeness (QED) is 0.232. The lowest BCUT2D eigenvalue weighted by molar-refractivity contribution is -0.139. The monoisotopic (exact) mass is 538 g/mol. The fourth-order valence-electron chi connectivity index (χ4n) is 7.98. The van der Waals surface area contributed by atoms with Gasteiger partial charge < -0.3 is 9.64 Å². The minimum Gasteiger partial charge on any atom is -0.426 e. The topological polar surface area (TPSA) is 84.0 Å². The van der Waals surface area contributed by atoms with Gasteiger partial charge in [0.05, 0.1) is 23.4 Å². The molecule has 8 rings (SSSR count). The van der Waals surface area contributed by atoms with Gasteiger partial charge in [-0.3, -0.25) is 19.2 Å². The van der Waals surface area contributed by atoms with Crippen LogP contribution >= 0.6 is 0 Å². The van der Waals surface area contributed by atoms with Gasteiger partial charge in [0.1, 0.15) is 5.75 Å². The van der Waals surface area contributed by atoms with Crippen LogP contribution in [0.4, 0.5) is 11.4 Å². The number of carbonyl (C=O) groups is 4. The fraction of sp³-hybridized carbons (Fsp3) is 0.455. The van der Waals surface area contributed by atoms with Crippen molar-refractivity contribution in [3.8, 4) is 5.75 Å². The Kier molecular flexibility index (Phi) is 5.77. The Labute approximate surface area is 234 Å². The van der Waals surface area contributed by atoms with Crippen LogP contribution in [-0.4, -0.2) is 30.2 Å². The Hall–Kier alpha value is -3.74. The summed E-state index contributed by atoms with van der Waals surface area (Å²) < 4.78 is 5.74. The van der Waals surface area contributed by atoms with Gasteiger partial charge in [-0.1, -0.05) is 44.2 Å². The maximum atomic E-state index is 13.5. The Bertz CT molecular complexity index is 1440. The van der Waals surface area contributed by atoms with E-state index in [-0.39, 0.29) is 54.4 Å². The molecule has 6 aliphatic rings. The number of allylic oxidation sites excluding steroid dienone is 2. The summed E-state index contributed by atoms with van der Waals surface area (Å²) in [5, 5.41) is 0. The van der Waals surface area contributed by atoms with Crippen molar-refractivity contribution < 1.29 is 23.9 Å². The molecule has 0 spiro atoms. The number of ether oxygens (including phenoxy) is 1. The molecule has 2 heterocycles. The first-order valence-corrected chi connectivity index (χ1v) is 14.6. The zero-order chi connectivity index (χ0) is 27.9. The van der Waals surface area contributed by atoms with Crippen molar-refractivity contribution in [3.63, 3.8) is 0 Å². The molecule has 2 saturated carbocycles. The van der Waals surface area contributed by atoms with Gasteiger partial charge in [-0.25, -0.2) is 4.90 Å². The maximum absolute atomic E-state index is 13.5. The van der Waals surface area contributed by atoms with E-state index in [0.717, 1.165) is 36.1 Å². The van der Waals surface area contributed by atoms with Gasteiger partial charge >= 0.3 is 5.97 Å². The SMILES string of the molecule is CCc1cccc(CC)c1N1C[C@H](C(=O)Oc2ccc(N3C(=O)[C@@H]4[C@H]5C=C[C@@H]([C@@H]6C[C@@H]56)[C@@H]4C3=O)c(C)c2)CC1=O. The Morgan fingerprint density at radius 1 is 0.925 bits per heavy atom. The maximum Gasteiger partial charge on any atom is 0.316 e. The summed E-state index contributed by atoms with van der Waals surface area (Å²) in [6.45, 7) is 6.25. The average Bonchev–Trinajstić information content (AvgIpc) is 3.64.